The first-order valence-electron chi connectivity index (χ1n) is 6.14. The molecule has 0 fully saturated rings. The molecular weight excluding hydrogens is 246 g/mol. The van der Waals surface area contributed by atoms with E-state index < -0.39 is 23.3 Å². The summed E-state index contributed by atoms with van der Waals surface area (Å²) in [5, 5.41) is 0. The van der Waals surface area contributed by atoms with Gasteiger partial charge in [0.05, 0.1) is 13.6 Å². The van der Waals surface area contributed by atoms with Crippen LogP contribution in [0.4, 0.5) is 23.2 Å². The molecule has 0 bridgehead atoms. The van der Waals surface area contributed by atoms with Crippen LogP contribution in [0.3, 0.4) is 0 Å². The van der Waals surface area contributed by atoms with E-state index in [0.717, 1.165) is 31.7 Å². The smallest absolute Gasteiger partial charge is 0.222 e. The molecule has 0 amide bonds. The minimum Gasteiger partial charge on any atom is -0.302 e. The van der Waals surface area contributed by atoms with E-state index in [2.05, 4.69) is 6.92 Å². The third-order valence-corrected chi connectivity index (χ3v) is 2.97. The fraction of sp³-hybridized carbons (Fsp3) is 0.538. The van der Waals surface area contributed by atoms with Crippen molar-refractivity contribution in [3.63, 3.8) is 0 Å². The number of rotatable bonds is 6. The molecule has 102 valence electrons. The highest BCUT2D eigenvalue weighted by Gasteiger charge is 2.23. The Kier molecular flexibility index (Phi) is 5.59. The van der Waals surface area contributed by atoms with Gasteiger partial charge in [0.2, 0.25) is 11.6 Å². The Hall–Kier alpha value is -1.10. The first-order chi connectivity index (χ1) is 8.49. The number of unbranched alkanes of at least 4 members (excludes halogenated alkanes) is 3. The summed E-state index contributed by atoms with van der Waals surface area (Å²) >= 11 is 0. The molecule has 1 unspecified atom stereocenters. The summed E-state index contributed by atoms with van der Waals surface area (Å²) in [6.45, 7) is 2.63. The van der Waals surface area contributed by atoms with E-state index in [1.807, 2.05) is 0 Å². The standard InChI is InChI=1S/C13H17F4N/c1-3-4-5-6-7-18(2)10-8-9(14)11(15)13(17)12(10)16/h8H,3-7H2,1-2H3/p+1. The van der Waals surface area contributed by atoms with Gasteiger partial charge < -0.3 is 4.90 Å². The van der Waals surface area contributed by atoms with Crippen molar-refractivity contribution < 1.29 is 22.5 Å². The zero-order valence-electron chi connectivity index (χ0n) is 10.6. The molecular formula is C13H18F4N+. The highest BCUT2D eigenvalue weighted by Crippen LogP contribution is 2.19. The van der Waals surface area contributed by atoms with Crippen molar-refractivity contribution in [2.24, 2.45) is 0 Å². The fourth-order valence-electron chi connectivity index (χ4n) is 1.84. The van der Waals surface area contributed by atoms with Gasteiger partial charge in [-0.05, 0) is 12.8 Å². The molecule has 0 spiro atoms. The van der Waals surface area contributed by atoms with Crippen LogP contribution in [0.25, 0.3) is 0 Å². The van der Waals surface area contributed by atoms with Gasteiger partial charge in [-0.15, -0.1) is 0 Å². The molecule has 0 saturated heterocycles. The Balaban J connectivity index is 2.77. The Morgan fingerprint density at radius 3 is 2.22 bits per heavy atom. The quantitative estimate of drug-likeness (QED) is 0.349. The maximum absolute atomic E-state index is 13.5. The second kappa shape index (κ2) is 6.73. The Labute approximate surface area is 104 Å². The number of benzene rings is 1. The lowest BCUT2D eigenvalue weighted by Crippen LogP contribution is -3.04. The van der Waals surface area contributed by atoms with E-state index >= 15 is 0 Å². The van der Waals surface area contributed by atoms with Gasteiger partial charge in [-0.2, -0.15) is 4.39 Å². The molecule has 1 aromatic carbocycles. The molecule has 1 nitrogen and oxygen atoms in total. The van der Waals surface area contributed by atoms with Crippen LogP contribution in [0.1, 0.15) is 32.6 Å². The predicted molar refractivity (Wildman–Crippen MR) is 61.8 cm³/mol. The first kappa shape index (κ1) is 15.0. The van der Waals surface area contributed by atoms with Gasteiger partial charge in [0, 0.05) is 6.07 Å². The Bertz CT molecular complexity index is 406. The topological polar surface area (TPSA) is 4.44 Å². The molecule has 0 saturated carbocycles. The molecule has 18 heavy (non-hydrogen) atoms. The summed E-state index contributed by atoms with van der Waals surface area (Å²) in [6.07, 6.45) is 3.97. The third kappa shape index (κ3) is 3.45. The molecule has 0 heterocycles. The molecule has 1 atom stereocenters. The number of hydrogen-bond acceptors (Lipinski definition) is 0. The fourth-order valence-corrected chi connectivity index (χ4v) is 1.84. The van der Waals surface area contributed by atoms with E-state index in [1.54, 1.807) is 7.05 Å². The maximum atomic E-state index is 13.5. The minimum atomic E-state index is -1.75. The molecule has 0 aliphatic heterocycles. The molecule has 0 aliphatic carbocycles. The number of quaternary nitrogens is 1. The van der Waals surface area contributed by atoms with Crippen molar-refractivity contribution >= 4 is 5.69 Å². The Morgan fingerprint density at radius 1 is 0.944 bits per heavy atom. The summed E-state index contributed by atoms with van der Waals surface area (Å²) in [5.74, 6) is -6.15. The van der Waals surface area contributed by atoms with Gasteiger partial charge in [0.15, 0.2) is 17.3 Å². The average molecular weight is 264 g/mol. The van der Waals surface area contributed by atoms with Crippen molar-refractivity contribution in [2.75, 3.05) is 13.6 Å². The SMILES string of the molecule is CCCCCC[NH+](C)c1cc(F)c(F)c(F)c1F. The van der Waals surface area contributed by atoms with Crippen LogP contribution in [-0.2, 0) is 0 Å². The van der Waals surface area contributed by atoms with Crippen LogP contribution in [-0.4, -0.2) is 13.6 Å². The minimum absolute atomic E-state index is 0.164. The average Bonchev–Trinajstić information content (AvgIpc) is 2.36. The van der Waals surface area contributed by atoms with Gasteiger partial charge in [0.25, 0.3) is 0 Å². The van der Waals surface area contributed by atoms with Gasteiger partial charge >= 0.3 is 0 Å². The van der Waals surface area contributed by atoms with E-state index in [1.165, 1.54) is 0 Å². The zero-order valence-corrected chi connectivity index (χ0v) is 10.6. The summed E-state index contributed by atoms with van der Waals surface area (Å²) in [4.78, 5) is 0.543. The second-order valence-corrected chi connectivity index (χ2v) is 4.44. The van der Waals surface area contributed by atoms with Crippen molar-refractivity contribution in [3.05, 3.63) is 29.3 Å². The van der Waals surface area contributed by atoms with Crippen LogP contribution in [0.15, 0.2) is 6.07 Å². The van der Waals surface area contributed by atoms with E-state index in [-0.39, 0.29) is 5.69 Å². The van der Waals surface area contributed by atoms with E-state index in [0.29, 0.717) is 11.4 Å². The predicted octanol–water partition coefficient (Wildman–Crippen LogP) is 2.97. The zero-order chi connectivity index (χ0) is 13.7. The number of halogens is 4. The van der Waals surface area contributed by atoms with Crippen LogP contribution < -0.4 is 4.90 Å². The molecule has 0 aliphatic rings. The van der Waals surface area contributed by atoms with Crippen LogP contribution >= 0.6 is 0 Å². The van der Waals surface area contributed by atoms with Crippen LogP contribution in [0, 0.1) is 23.3 Å². The van der Waals surface area contributed by atoms with Crippen LogP contribution in [0.5, 0.6) is 0 Å². The lowest BCUT2D eigenvalue weighted by atomic mass is 10.2. The molecule has 5 heteroatoms. The maximum Gasteiger partial charge on any atom is 0.222 e. The van der Waals surface area contributed by atoms with Crippen molar-refractivity contribution in [3.8, 4) is 0 Å². The van der Waals surface area contributed by atoms with Gasteiger partial charge in [-0.1, -0.05) is 19.8 Å². The van der Waals surface area contributed by atoms with Crippen molar-refractivity contribution in [1.29, 1.82) is 0 Å². The number of hydrogen-bond donors (Lipinski definition) is 1. The van der Waals surface area contributed by atoms with Crippen LogP contribution in [0.2, 0.25) is 0 Å². The monoisotopic (exact) mass is 264 g/mol. The second-order valence-electron chi connectivity index (χ2n) is 4.44. The van der Waals surface area contributed by atoms with Gasteiger partial charge in [-0.3, -0.25) is 0 Å². The van der Waals surface area contributed by atoms with E-state index in [9.17, 15) is 17.6 Å². The molecule has 0 aromatic heterocycles. The lowest BCUT2D eigenvalue weighted by Gasteiger charge is -2.14. The van der Waals surface area contributed by atoms with Gasteiger partial charge in [0.1, 0.15) is 0 Å². The lowest BCUT2D eigenvalue weighted by molar-refractivity contribution is -0.811. The highest BCUT2D eigenvalue weighted by molar-refractivity contribution is 5.33. The molecule has 1 rings (SSSR count). The number of nitrogens with one attached hydrogen (secondary N) is 1. The van der Waals surface area contributed by atoms with E-state index in [4.69, 9.17) is 0 Å². The van der Waals surface area contributed by atoms with Gasteiger partial charge in [-0.25, -0.2) is 13.2 Å². The third-order valence-electron chi connectivity index (χ3n) is 2.97. The molecule has 1 N–H and O–H groups in total. The van der Waals surface area contributed by atoms with Crippen molar-refractivity contribution in [1.82, 2.24) is 0 Å². The molecule has 1 aromatic rings. The summed E-state index contributed by atoms with van der Waals surface area (Å²) < 4.78 is 52.3. The first-order valence-corrected chi connectivity index (χ1v) is 6.14. The largest absolute Gasteiger partial charge is 0.302 e. The normalized spacial score (nSPS) is 12.8. The summed E-state index contributed by atoms with van der Waals surface area (Å²) in [5.41, 5.74) is -0.164. The Morgan fingerprint density at radius 2 is 1.61 bits per heavy atom. The summed E-state index contributed by atoms with van der Waals surface area (Å²) in [7, 11) is 1.61. The van der Waals surface area contributed by atoms with Crippen molar-refractivity contribution in [2.45, 2.75) is 32.6 Å². The highest BCUT2D eigenvalue weighted by atomic mass is 19.2. The molecule has 0 radical (unpaired) electrons. The summed E-state index contributed by atoms with van der Waals surface area (Å²) in [6, 6.07) is 0.725.